The number of carbonyl (C=O) groups excluding carboxylic acids is 1. The first-order valence-corrected chi connectivity index (χ1v) is 4.98. The van der Waals surface area contributed by atoms with Gasteiger partial charge >= 0.3 is 5.97 Å². The lowest BCUT2D eigenvalue weighted by Crippen LogP contribution is -2.23. The van der Waals surface area contributed by atoms with E-state index in [1.54, 1.807) is 0 Å². The molecule has 2 saturated carbocycles. The van der Waals surface area contributed by atoms with Crippen LogP contribution >= 0.6 is 0 Å². The summed E-state index contributed by atoms with van der Waals surface area (Å²) in [7, 11) is 0. The largest absolute Gasteiger partial charge is 0.466 e. The van der Waals surface area contributed by atoms with Crippen molar-refractivity contribution < 1.29 is 9.53 Å². The van der Waals surface area contributed by atoms with E-state index in [2.05, 4.69) is 0 Å². The van der Waals surface area contributed by atoms with E-state index in [4.69, 9.17) is 4.74 Å². The molecule has 2 fully saturated rings. The molecule has 0 aromatic rings. The third kappa shape index (κ3) is 1.23. The number of esters is 1. The minimum Gasteiger partial charge on any atom is -0.466 e. The van der Waals surface area contributed by atoms with Crippen LogP contribution in [0, 0.1) is 17.8 Å². The Morgan fingerprint density at radius 1 is 1.42 bits per heavy atom. The Hall–Kier alpha value is -0.530. The summed E-state index contributed by atoms with van der Waals surface area (Å²) in [5, 5.41) is 0. The number of fused-ring (bicyclic) bond motifs is 2. The number of ether oxygens (including phenoxy) is 1. The van der Waals surface area contributed by atoms with E-state index in [0.29, 0.717) is 12.5 Å². The van der Waals surface area contributed by atoms with Gasteiger partial charge in [-0.25, -0.2) is 0 Å². The molecular formula is C10H16O2. The zero-order valence-corrected chi connectivity index (χ0v) is 7.58. The van der Waals surface area contributed by atoms with Gasteiger partial charge in [-0.1, -0.05) is 6.42 Å². The van der Waals surface area contributed by atoms with Crippen LogP contribution in [-0.2, 0) is 9.53 Å². The Balaban J connectivity index is 1.93. The predicted molar refractivity (Wildman–Crippen MR) is 45.6 cm³/mol. The lowest BCUT2D eigenvalue weighted by Gasteiger charge is -2.19. The van der Waals surface area contributed by atoms with Crippen molar-refractivity contribution >= 4 is 5.97 Å². The molecule has 2 nitrogen and oxygen atoms in total. The highest BCUT2D eigenvalue weighted by Crippen LogP contribution is 2.48. The van der Waals surface area contributed by atoms with Crippen molar-refractivity contribution in [1.82, 2.24) is 0 Å². The van der Waals surface area contributed by atoms with Crippen molar-refractivity contribution in [3.8, 4) is 0 Å². The SMILES string of the molecule is CCOC(=O)[C@H]1C[C@H]2CC[C@@H]1C2. The number of carbonyl (C=O) groups is 1. The van der Waals surface area contributed by atoms with Crippen LogP contribution in [0.4, 0.5) is 0 Å². The third-order valence-electron chi connectivity index (χ3n) is 3.33. The molecular weight excluding hydrogens is 152 g/mol. The van der Waals surface area contributed by atoms with E-state index in [1.165, 1.54) is 19.3 Å². The van der Waals surface area contributed by atoms with Gasteiger partial charge < -0.3 is 4.74 Å². The Kier molecular flexibility index (Phi) is 2.07. The van der Waals surface area contributed by atoms with E-state index in [0.717, 1.165) is 12.3 Å². The topological polar surface area (TPSA) is 26.3 Å². The second kappa shape index (κ2) is 3.08. The zero-order chi connectivity index (χ0) is 8.55. The normalized spacial score (nSPS) is 38.6. The average Bonchev–Trinajstić information content (AvgIpc) is 2.64. The van der Waals surface area contributed by atoms with Crippen LogP contribution in [0.15, 0.2) is 0 Å². The van der Waals surface area contributed by atoms with Crippen LogP contribution in [0.5, 0.6) is 0 Å². The molecule has 2 aliphatic rings. The van der Waals surface area contributed by atoms with E-state index in [1.807, 2.05) is 6.92 Å². The van der Waals surface area contributed by atoms with Gasteiger partial charge in [-0.15, -0.1) is 0 Å². The fourth-order valence-corrected chi connectivity index (χ4v) is 2.78. The smallest absolute Gasteiger partial charge is 0.309 e. The Bertz CT molecular complexity index is 188. The van der Waals surface area contributed by atoms with E-state index in [9.17, 15) is 4.79 Å². The van der Waals surface area contributed by atoms with Crippen molar-refractivity contribution in [1.29, 1.82) is 0 Å². The van der Waals surface area contributed by atoms with E-state index < -0.39 is 0 Å². The molecule has 12 heavy (non-hydrogen) atoms. The zero-order valence-electron chi connectivity index (χ0n) is 7.58. The molecule has 0 aromatic carbocycles. The molecule has 0 heterocycles. The van der Waals surface area contributed by atoms with Crippen molar-refractivity contribution in [2.75, 3.05) is 6.61 Å². The monoisotopic (exact) mass is 168 g/mol. The molecule has 0 aromatic heterocycles. The van der Waals surface area contributed by atoms with Crippen molar-refractivity contribution in [3.63, 3.8) is 0 Å². The highest BCUT2D eigenvalue weighted by molar-refractivity contribution is 5.73. The van der Waals surface area contributed by atoms with Crippen molar-refractivity contribution in [2.24, 2.45) is 17.8 Å². The van der Waals surface area contributed by atoms with Gasteiger partial charge in [-0.05, 0) is 38.0 Å². The highest BCUT2D eigenvalue weighted by Gasteiger charge is 2.43. The molecule has 2 rings (SSSR count). The maximum Gasteiger partial charge on any atom is 0.309 e. The minimum atomic E-state index is 0.0599. The van der Waals surface area contributed by atoms with Crippen LogP contribution in [0.1, 0.15) is 32.6 Å². The maximum absolute atomic E-state index is 11.4. The molecule has 0 unspecified atom stereocenters. The number of hydrogen-bond donors (Lipinski definition) is 0. The predicted octanol–water partition coefficient (Wildman–Crippen LogP) is 1.99. The first-order valence-electron chi connectivity index (χ1n) is 4.98. The molecule has 68 valence electrons. The molecule has 0 saturated heterocycles. The van der Waals surface area contributed by atoms with Crippen LogP contribution in [0.3, 0.4) is 0 Å². The molecule has 0 N–H and O–H groups in total. The molecule has 0 spiro atoms. The second-order valence-electron chi connectivity index (χ2n) is 4.03. The van der Waals surface area contributed by atoms with Crippen molar-refractivity contribution in [3.05, 3.63) is 0 Å². The van der Waals surface area contributed by atoms with Crippen LogP contribution in [-0.4, -0.2) is 12.6 Å². The highest BCUT2D eigenvalue weighted by atomic mass is 16.5. The molecule has 2 aliphatic carbocycles. The van der Waals surface area contributed by atoms with Gasteiger partial charge in [0.25, 0.3) is 0 Å². The first kappa shape index (κ1) is 8.09. The second-order valence-corrected chi connectivity index (χ2v) is 4.03. The molecule has 0 aliphatic heterocycles. The molecule has 3 atom stereocenters. The molecule has 2 bridgehead atoms. The van der Waals surface area contributed by atoms with Crippen LogP contribution in [0.2, 0.25) is 0 Å². The van der Waals surface area contributed by atoms with Gasteiger partial charge in [-0.2, -0.15) is 0 Å². The van der Waals surface area contributed by atoms with E-state index in [-0.39, 0.29) is 11.9 Å². The standard InChI is InChI=1S/C10H16O2/c1-2-12-10(11)9-6-7-3-4-8(9)5-7/h7-9H,2-6H2,1H3/t7-,8+,9-/m0/s1. The summed E-state index contributed by atoms with van der Waals surface area (Å²) < 4.78 is 5.04. The minimum absolute atomic E-state index is 0.0599. The van der Waals surface area contributed by atoms with Gasteiger partial charge in [0.15, 0.2) is 0 Å². The summed E-state index contributed by atoms with van der Waals surface area (Å²) >= 11 is 0. The summed E-state index contributed by atoms with van der Waals surface area (Å²) in [5.41, 5.74) is 0. The summed E-state index contributed by atoms with van der Waals surface area (Å²) in [4.78, 5) is 11.4. The Labute approximate surface area is 73.3 Å². The molecule has 0 radical (unpaired) electrons. The summed E-state index contributed by atoms with van der Waals surface area (Å²) in [6.07, 6.45) is 4.99. The summed E-state index contributed by atoms with van der Waals surface area (Å²) in [5.74, 6) is 1.81. The van der Waals surface area contributed by atoms with Gasteiger partial charge in [0.1, 0.15) is 0 Å². The third-order valence-corrected chi connectivity index (χ3v) is 3.33. The first-order chi connectivity index (χ1) is 5.81. The quantitative estimate of drug-likeness (QED) is 0.589. The fraction of sp³-hybridized carbons (Fsp3) is 0.900. The van der Waals surface area contributed by atoms with Crippen LogP contribution in [0.25, 0.3) is 0 Å². The Morgan fingerprint density at radius 3 is 2.75 bits per heavy atom. The lowest BCUT2D eigenvalue weighted by atomic mass is 9.89. The Morgan fingerprint density at radius 2 is 2.25 bits per heavy atom. The number of hydrogen-bond acceptors (Lipinski definition) is 2. The van der Waals surface area contributed by atoms with Gasteiger partial charge in [0.05, 0.1) is 12.5 Å². The van der Waals surface area contributed by atoms with Gasteiger partial charge in [0.2, 0.25) is 0 Å². The summed E-state index contributed by atoms with van der Waals surface area (Å²) in [6.45, 7) is 2.41. The van der Waals surface area contributed by atoms with E-state index >= 15 is 0 Å². The molecule has 2 heteroatoms. The summed E-state index contributed by atoms with van der Waals surface area (Å²) in [6, 6.07) is 0. The maximum atomic E-state index is 11.4. The van der Waals surface area contributed by atoms with Crippen molar-refractivity contribution in [2.45, 2.75) is 32.6 Å². The lowest BCUT2D eigenvalue weighted by molar-refractivity contribution is -0.149. The fourth-order valence-electron chi connectivity index (χ4n) is 2.78. The van der Waals surface area contributed by atoms with Crippen LogP contribution < -0.4 is 0 Å². The van der Waals surface area contributed by atoms with Gasteiger partial charge in [0, 0.05) is 0 Å². The van der Waals surface area contributed by atoms with Gasteiger partial charge in [-0.3, -0.25) is 4.79 Å². The molecule has 0 amide bonds. The number of rotatable bonds is 2. The average molecular weight is 168 g/mol.